The van der Waals surface area contributed by atoms with Crippen LogP contribution in [-0.4, -0.2) is 47.0 Å². The second kappa shape index (κ2) is 11.0. The Labute approximate surface area is 186 Å². The van der Waals surface area contributed by atoms with E-state index >= 15 is 0 Å². The molecule has 7 heteroatoms. The summed E-state index contributed by atoms with van der Waals surface area (Å²) in [6.07, 6.45) is 1.74. The third-order valence-corrected chi connectivity index (χ3v) is 4.19. The van der Waals surface area contributed by atoms with E-state index < -0.39 is 29.2 Å². The van der Waals surface area contributed by atoms with Gasteiger partial charge in [-0.2, -0.15) is 0 Å². The van der Waals surface area contributed by atoms with Gasteiger partial charge in [0.15, 0.2) is 0 Å². The van der Waals surface area contributed by atoms with Crippen molar-refractivity contribution in [3.05, 3.63) is 48.0 Å². The molecule has 0 radical (unpaired) electrons. The zero-order valence-corrected chi connectivity index (χ0v) is 19.9. The molecule has 1 aromatic rings. The van der Waals surface area contributed by atoms with Crippen molar-refractivity contribution in [1.82, 2.24) is 15.5 Å². The second-order valence-electron chi connectivity index (χ2n) is 9.43. The number of rotatable bonds is 8. The van der Waals surface area contributed by atoms with Gasteiger partial charge in [0, 0.05) is 12.1 Å². The van der Waals surface area contributed by atoms with Crippen LogP contribution < -0.4 is 10.6 Å². The van der Waals surface area contributed by atoms with Gasteiger partial charge >= 0.3 is 6.09 Å². The lowest BCUT2D eigenvalue weighted by atomic mass is 9.99. The van der Waals surface area contributed by atoms with Crippen LogP contribution in [0.1, 0.15) is 65.6 Å². The number of ether oxygens (including phenoxy) is 1. The van der Waals surface area contributed by atoms with Crippen molar-refractivity contribution in [2.45, 2.75) is 72.1 Å². The number of hydrogen-bond acceptors (Lipinski definition) is 4. The van der Waals surface area contributed by atoms with E-state index in [1.165, 1.54) is 4.90 Å². The minimum atomic E-state index is -0.865. The maximum atomic E-state index is 13.2. The molecule has 0 aromatic heterocycles. The average molecular weight is 432 g/mol. The van der Waals surface area contributed by atoms with Crippen LogP contribution in [0.15, 0.2) is 36.9 Å². The first-order valence-electron chi connectivity index (χ1n) is 10.6. The topological polar surface area (TPSA) is 87.7 Å². The number of benzene rings is 1. The lowest BCUT2D eigenvalue weighted by Crippen LogP contribution is -2.51. The van der Waals surface area contributed by atoms with Crippen LogP contribution in [0.25, 0.3) is 0 Å². The van der Waals surface area contributed by atoms with Crippen LogP contribution in [0.5, 0.6) is 0 Å². The van der Waals surface area contributed by atoms with Crippen molar-refractivity contribution >= 4 is 17.9 Å². The Bertz CT molecular complexity index is 773. The largest absolute Gasteiger partial charge is 0.444 e. The molecule has 2 N–H and O–H groups in total. The third-order valence-electron chi connectivity index (χ3n) is 4.19. The van der Waals surface area contributed by atoms with Crippen molar-refractivity contribution < 1.29 is 19.1 Å². The van der Waals surface area contributed by atoms with Gasteiger partial charge in [0.1, 0.15) is 18.2 Å². The molecule has 7 nitrogen and oxygen atoms in total. The molecule has 0 saturated carbocycles. The zero-order chi connectivity index (χ0) is 23.8. The minimum absolute atomic E-state index is 0.145. The Kier molecular flexibility index (Phi) is 9.28. The predicted octanol–water partition coefficient (Wildman–Crippen LogP) is 3.74. The molecule has 0 fully saturated rings. The Morgan fingerprint density at radius 3 is 2.13 bits per heavy atom. The number of nitrogens with one attached hydrogen (secondary N) is 2. The summed E-state index contributed by atoms with van der Waals surface area (Å²) < 4.78 is 5.19. The van der Waals surface area contributed by atoms with Gasteiger partial charge in [-0.25, -0.2) is 4.79 Å². The molecule has 3 amide bonds. The average Bonchev–Trinajstić information content (AvgIpc) is 2.63. The summed E-state index contributed by atoms with van der Waals surface area (Å²) in [6.45, 7) is 16.5. The summed E-state index contributed by atoms with van der Waals surface area (Å²) in [7, 11) is 0. The number of nitrogens with zero attached hydrogens (tertiary/aromatic N) is 1. The first-order chi connectivity index (χ1) is 14.3. The first-order valence-corrected chi connectivity index (χ1v) is 10.6. The SMILES string of the molecule is C=CCN(C(=O)CNC(=O)OC(C)(C)C)C(C(=O)NC(C)(C)C)c1ccc(CC)cc1. The van der Waals surface area contributed by atoms with Crippen molar-refractivity contribution in [2.75, 3.05) is 13.1 Å². The number of hydrogen-bond donors (Lipinski definition) is 2. The molecule has 0 saturated heterocycles. The van der Waals surface area contributed by atoms with Crippen LogP contribution >= 0.6 is 0 Å². The smallest absolute Gasteiger partial charge is 0.408 e. The quantitative estimate of drug-likeness (QED) is 0.614. The highest BCUT2D eigenvalue weighted by Crippen LogP contribution is 2.23. The molecule has 0 heterocycles. The summed E-state index contributed by atoms with van der Waals surface area (Å²) in [5.74, 6) is -0.719. The normalized spacial score (nSPS) is 12.5. The van der Waals surface area contributed by atoms with Crippen molar-refractivity contribution in [3.8, 4) is 0 Å². The van der Waals surface area contributed by atoms with Gasteiger partial charge in [-0.15, -0.1) is 6.58 Å². The fourth-order valence-corrected chi connectivity index (χ4v) is 2.90. The Balaban J connectivity index is 3.18. The van der Waals surface area contributed by atoms with Crippen LogP contribution in [0, 0.1) is 0 Å². The monoisotopic (exact) mass is 431 g/mol. The Hall–Kier alpha value is -2.83. The molecule has 0 spiro atoms. The molecule has 31 heavy (non-hydrogen) atoms. The molecular formula is C24H37N3O4. The van der Waals surface area contributed by atoms with Crippen LogP contribution in [0.3, 0.4) is 0 Å². The fourth-order valence-electron chi connectivity index (χ4n) is 2.90. The van der Waals surface area contributed by atoms with Crippen molar-refractivity contribution in [1.29, 1.82) is 0 Å². The lowest BCUT2D eigenvalue weighted by Gasteiger charge is -2.33. The number of aryl methyl sites for hydroxylation is 1. The number of carbonyl (C=O) groups excluding carboxylic acids is 3. The van der Waals surface area contributed by atoms with Crippen LogP contribution in [-0.2, 0) is 20.7 Å². The second-order valence-corrected chi connectivity index (χ2v) is 9.43. The first kappa shape index (κ1) is 26.2. The predicted molar refractivity (Wildman–Crippen MR) is 123 cm³/mol. The highest BCUT2D eigenvalue weighted by molar-refractivity contribution is 5.90. The molecule has 1 atom stereocenters. The standard InChI is InChI=1S/C24H37N3O4/c1-9-15-27(19(28)16-25-22(30)31-24(6,7)8)20(21(29)26-23(3,4)5)18-13-11-17(10-2)12-14-18/h9,11-14,20H,1,10,15-16H2,2-8H3,(H,25,30)(H,26,29). The molecule has 1 unspecified atom stereocenters. The van der Waals surface area contributed by atoms with Crippen molar-refractivity contribution in [2.24, 2.45) is 0 Å². The van der Waals surface area contributed by atoms with Crippen molar-refractivity contribution in [3.63, 3.8) is 0 Å². The lowest BCUT2D eigenvalue weighted by molar-refractivity contribution is -0.140. The molecule has 172 valence electrons. The summed E-state index contributed by atoms with van der Waals surface area (Å²) in [5, 5.41) is 5.43. The van der Waals surface area contributed by atoms with E-state index in [1.807, 2.05) is 45.0 Å². The maximum Gasteiger partial charge on any atom is 0.408 e. The van der Waals surface area contributed by atoms with E-state index in [9.17, 15) is 14.4 Å². The summed E-state index contributed by atoms with van der Waals surface area (Å²) in [4.78, 5) is 39.6. The fraction of sp³-hybridized carbons (Fsp3) is 0.542. The molecule has 0 aliphatic carbocycles. The van der Waals surface area contributed by atoms with Gasteiger partial charge in [-0.05, 0) is 59.1 Å². The van der Waals surface area contributed by atoms with E-state index in [1.54, 1.807) is 26.8 Å². The molecule has 0 aliphatic rings. The van der Waals surface area contributed by atoms with E-state index in [-0.39, 0.29) is 19.0 Å². The number of alkyl carbamates (subject to hydrolysis) is 1. The zero-order valence-electron chi connectivity index (χ0n) is 19.9. The van der Waals surface area contributed by atoms with Gasteiger partial charge < -0.3 is 20.3 Å². The van der Waals surface area contributed by atoms with Gasteiger partial charge in [0.05, 0.1) is 0 Å². The Morgan fingerprint density at radius 1 is 1.10 bits per heavy atom. The highest BCUT2D eigenvalue weighted by atomic mass is 16.6. The minimum Gasteiger partial charge on any atom is -0.444 e. The molecule has 0 aliphatic heterocycles. The maximum absolute atomic E-state index is 13.2. The molecule has 0 bridgehead atoms. The highest BCUT2D eigenvalue weighted by Gasteiger charge is 2.32. The Morgan fingerprint density at radius 2 is 1.68 bits per heavy atom. The summed E-state index contributed by atoms with van der Waals surface area (Å²) in [5.41, 5.74) is 0.666. The number of amides is 3. The van der Waals surface area contributed by atoms with Gasteiger partial charge in [0.25, 0.3) is 0 Å². The third kappa shape index (κ3) is 9.24. The molecular weight excluding hydrogens is 394 g/mol. The van der Waals surface area contributed by atoms with E-state index in [4.69, 9.17) is 4.74 Å². The number of carbonyl (C=O) groups is 3. The van der Waals surface area contributed by atoms with Crippen LogP contribution in [0.2, 0.25) is 0 Å². The van der Waals surface area contributed by atoms with E-state index in [0.717, 1.165) is 12.0 Å². The summed E-state index contributed by atoms with van der Waals surface area (Å²) in [6, 6.07) is 6.74. The molecule has 1 rings (SSSR count). The molecule has 1 aromatic carbocycles. The van der Waals surface area contributed by atoms with Crippen LogP contribution in [0.4, 0.5) is 4.79 Å². The summed E-state index contributed by atoms with van der Waals surface area (Å²) >= 11 is 0. The van der Waals surface area contributed by atoms with Gasteiger partial charge in [-0.1, -0.05) is 37.3 Å². The van der Waals surface area contributed by atoms with Gasteiger partial charge in [0.2, 0.25) is 11.8 Å². The van der Waals surface area contributed by atoms with E-state index in [0.29, 0.717) is 5.56 Å². The van der Waals surface area contributed by atoms with Gasteiger partial charge in [-0.3, -0.25) is 9.59 Å². The van der Waals surface area contributed by atoms with E-state index in [2.05, 4.69) is 24.1 Å².